The first-order valence-electron chi connectivity index (χ1n) is 9.94. The lowest BCUT2D eigenvalue weighted by Crippen LogP contribution is -2.48. The molecule has 1 amide bonds. The quantitative estimate of drug-likeness (QED) is 0.618. The second-order valence-corrected chi connectivity index (χ2v) is 7.36. The fourth-order valence-corrected chi connectivity index (χ4v) is 3.92. The molecule has 1 fully saturated rings. The first kappa shape index (κ1) is 20.4. The average molecular weight is 412 g/mol. The lowest BCUT2D eigenvalue weighted by molar-refractivity contribution is 0.0593. The Hall–Kier alpha value is -2.90. The van der Waals surface area contributed by atoms with Crippen molar-refractivity contribution >= 4 is 16.9 Å². The molecule has 0 aliphatic carbocycles. The number of carbonyl (C=O) groups excluding carboxylic acids is 1. The Labute approximate surface area is 174 Å². The van der Waals surface area contributed by atoms with Crippen molar-refractivity contribution in [3.63, 3.8) is 0 Å². The molecule has 2 aromatic carbocycles. The van der Waals surface area contributed by atoms with Gasteiger partial charge in [0.15, 0.2) is 5.76 Å². The van der Waals surface area contributed by atoms with Crippen LogP contribution in [0.1, 0.15) is 21.7 Å². The van der Waals surface area contributed by atoms with Crippen molar-refractivity contribution < 1.29 is 23.1 Å². The number of benzene rings is 2. The molecule has 0 spiro atoms. The Morgan fingerprint density at radius 2 is 1.87 bits per heavy atom. The van der Waals surface area contributed by atoms with E-state index in [2.05, 4.69) is 4.90 Å². The third-order valence-electron chi connectivity index (χ3n) is 5.48. The molecular weight excluding hydrogens is 387 g/mol. The number of methoxy groups -OCH3 is 2. The van der Waals surface area contributed by atoms with E-state index in [1.165, 1.54) is 12.1 Å². The molecule has 0 radical (unpaired) electrons. The van der Waals surface area contributed by atoms with Gasteiger partial charge in [0.25, 0.3) is 5.91 Å². The van der Waals surface area contributed by atoms with Crippen molar-refractivity contribution in [1.82, 2.24) is 9.80 Å². The van der Waals surface area contributed by atoms with Gasteiger partial charge in [-0.05, 0) is 24.3 Å². The Bertz CT molecular complexity index is 1040. The zero-order valence-electron chi connectivity index (χ0n) is 17.2. The topological polar surface area (TPSA) is 55.2 Å². The van der Waals surface area contributed by atoms with Gasteiger partial charge in [0.2, 0.25) is 0 Å². The number of furan rings is 1. The fourth-order valence-electron chi connectivity index (χ4n) is 3.92. The number of carbonyl (C=O) groups is 1. The normalized spacial score (nSPS) is 15.0. The van der Waals surface area contributed by atoms with Crippen LogP contribution in [-0.4, -0.2) is 56.1 Å². The maximum Gasteiger partial charge on any atom is 0.290 e. The summed E-state index contributed by atoms with van der Waals surface area (Å²) < 4.78 is 30.2. The van der Waals surface area contributed by atoms with Gasteiger partial charge in [-0.15, -0.1) is 0 Å². The molecule has 3 aromatic rings. The zero-order valence-corrected chi connectivity index (χ0v) is 17.2. The Morgan fingerprint density at radius 1 is 1.10 bits per heavy atom. The molecule has 158 valence electrons. The van der Waals surface area contributed by atoms with Crippen molar-refractivity contribution in [2.24, 2.45) is 0 Å². The summed E-state index contributed by atoms with van der Waals surface area (Å²) in [5.41, 5.74) is 2.27. The smallest absolute Gasteiger partial charge is 0.290 e. The van der Waals surface area contributed by atoms with Crippen LogP contribution in [0.4, 0.5) is 4.39 Å². The average Bonchev–Trinajstić information content (AvgIpc) is 3.13. The van der Waals surface area contributed by atoms with Crippen LogP contribution in [0.3, 0.4) is 0 Å². The summed E-state index contributed by atoms with van der Waals surface area (Å²) in [6.07, 6.45) is 0. The van der Waals surface area contributed by atoms with Crippen LogP contribution in [0.15, 0.2) is 46.9 Å². The highest BCUT2D eigenvalue weighted by molar-refractivity contribution is 5.99. The highest BCUT2D eigenvalue weighted by atomic mass is 19.1. The highest BCUT2D eigenvalue weighted by Crippen LogP contribution is 2.28. The summed E-state index contributed by atoms with van der Waals surface area (Å²) in [5.74, 6) is 0.607. The largest absolute Gasteiger partial charge is 0.496 e. The van der Waals surface area contributed by atoms with Crippen LogP contribution < -0.4 is 4.74 Å². The van der Waals surface area contributed by atoms with E-state index in [0.29, 0.717) is 56.4 Å². The van der Waals surface area contributed by atoms with Gasteiger partial charge in [-0.1, -0.05) is 18.2 Å². The Kier molecular flexibility index (Phi) is 6.01. The molecule has 0 bridgehead atoms. The Balaban J connectivity index is 1.46. The monoisotopic (exact) mass is 412 g/mol. The molecule has 6 nitrogen and oxygen atoms in total. The van der Waals surface area contributed by atoms with E-state index in [1.54, 1.807) is 25.2 Å². The van der Waals surface area contributed by atoms with Gasteiger partial charge in [-0.25, -0.2) is 4.39 Å². The molecule has 30 heavy (non-hydrogen) atoms. The van der Waals surface area contributed by atoms with E-state index in [0.717, 1.165) is 16.5 Å². The molecule has 4 rings (SSSR count). The van der Waals surface area contributed by atoms with Gasteiger partial charge in [0.05, 0.1) is 13.7 Å². The molecule has 0 saturated carbocycles. The molecule has 2 heterocycles. The van der Waals surface area contributed by atoms with Gasteiger partial charge in [0.1, 0.15) is 17.1 Å². The first-order valence-corrected chi connectivity index (χ1v) is 9.94. The van der Waals surface area contributed by atoms with Crippen LogP contribution in [-0.2, 0) is 17.9 Å². The van der Waals surface area contributed by atoms with E-state index in [-0.39, 0.29) is 11.7 Å². The second kappa shape index (κ2) is 8.85. The highest BCUT2D eigenvalue weighted by Gasteiger charge is 2.28. The van der Waals surface area contributed by atoms with E-state index >= 15 is 0 Å². The molecule has 1 aliphatic rings. The second-order valence-electron chi connectivity index (χ2n) is 7.36. The number of piperazine rings is 1. The molecule has 0 N–H and O–H groups in total. The van der Waals surface area contributed by atoms with Crippen molar-refractivity contribution in [1.29, 1.82) is 0 Å². The molecule has 0 atom stereocenters. The summed E-state index contributed by atoms with van der Waals surface area (Å²) in [6, 6.07) is 12.1. The zero-order chi connectivity index (χ0) is 21.1. The van der Waals surface area contributed by atoms with Gasteiger partial charge in [-0.2, -0.15) is 0 Å². The minimum atomic E-state index is -0.282. The molecule has 1 saturated heterocycles. The summed E-state index contributed by atoms with van der Waals surface area (Å²) >= 11 is 0. The number of halogens is 1. The number of hydrogen-bond acceptors (Lipinski definition) is 5. The molecule has 1 aromatic heterocycles. The van der Waals surface area contributed by atoms with Crippen molar-refractivity contribution in [2.75, 3.05) is 40.4 Å². The van der Waals surface area contributed by atoms with Crippen molar-refractivity contribution in [2.45, 2.75) is 13.2 Å². The van der Waals surface area contributed by atoms with Crippen LogP contribution >= 0.6 is 0 Å². The number of rotatable bonds is 6. The summed E-state index contributed by atoms with van der Waals surface area (Å²) in [6.45, 7) is 3.40. The van der Waals surface area contributed by atoms with Crippen molar-refractivity contribution in [3.05, 3.63) is 65.2 Å². The molecular formula is C23H25FN2O4. The molecule has 1 aliphatic heterocycles. The fraction of sp³-hybridized carbons (Fsp3) is 0.348. The molecule has 0 unspecified atom stereocenters. The van der Waals surface area contributed by atoms with E-state index in [9.17, 15) is 9.18 Å². The van der Waals surface area contributed by atoms with Gasteiger partial charge in [0, 0.05) is 56.3 Å². The number of hydrogen-bond donors (Lipinski definition) is 0. The third kappa shape index (κ3) is 4.04. The lowest BCUT2D eigenvalue weighted by atomic mass is 10.1. The van der Waals surface area contributed by atoms with Gasteiger partial charge >= 0.3 is 0 Å². The third-order valence-corrected chi connectivity index (χ3v) is 5.48. The maximum atomic E-state index is 13.6. The Morgan fingerprint density at radius 3 is 2.60 bits per heavy atom. The van der Waals surface area contributed by atoms with E-state index in [1.807, 2.05) is 24.3 Å². The number of ether oxygens (including phenoxy) is 2. The van der Waals surface area contributed by atoms with Crippen LogP contribution in [0.25, 0.3) is 11.0 Å². The number of amides is 1. The summed E-state index contributed by atoms with van der Waals surface area (Å²) in [4.78, 5) is 17.2. The number of nitrogens with zero attached hydrogens (tertiary/aromatic N) is 2. The SMILES string of the molecule is COCc1c(C(=O)N2CCN(Cc3cc(F)ccc3OC)CC2)oc2ccccc12. The predicted molar refractivity (Wildman–Crippen MR) is 111 cm³/mol. The summed E-state index contributed by atoms with van der Waals surface area (Å²) in [7, 11) is 3.19. The standard InChI is InChI=1S/C23H25FN2O4/c1-28-15-19-18-5-3-4-6-21(18)30-22(19)23(27)26-11-9-25(10-12-26)14-16-13-17(24)7-8-20(16)29-2/h3-8,13H,9-12,14-15H2,1-2H3. The van der Waals surface area contributed by atoms with Crippen molar-refractivity contribution in [3.8, 4) is 5.75 Å². The van der Waals surface area contributed by atoms with Crippen LogP contribution in [0.5, 0.6) is 5.75 Å². The maximum absolute atomic E-state index is 13.6. The van der Waals surface area contributed by atoms with Gasteiger partial charge < -0.3 is 18.8 Å². The van der Waals surface area contributed by atoms with Crippen LogP contribution in [0.2, 0.25) is 0 Å². The van der Waals surface area contributed by atoms with E-state index in [4.69, 9.17) is 13.9 Å². The predicted octanol–water partition coefficient (Wildman–Crippen LogP) is 3.68. The van der Waals surface area contributed by atoms with Crippen LogP contribution in [0, 0.1) is 5.82 Å². The number of fused-ring (bicyclic) bond motifs is 1. The number of para-hydroxylation sites is 1. The first-order chi connectivity index (χ1) is 14.6. The lowest BCUT2D eigenvalue weighted by Gasteiger charge is -2.34. The minimum Gasteiger partial charge on any atom is -0.496 e. The minimum absolute atomic E-state index is 0.124. The van der Waals surface area contributed by atoms with Gasteiger partial charge in [-0.3, -0.25) is 9.69 Å². The molecule has 7 heteroatoms. The van der Waals surface area contributed by atoms with E-state index < -0.39 is 0 Å². The summed E-state index contributed by atoms with van der Waals surface area (Å²) in [5, 5.41) is 0.902.